The smallest absolute Gasteiger partial charge is 0.0462 e. The van der Waals surface area contributed by atoms with Crippen LogP contribution in [0.15, 0.2) is 206 Å². The first-order chi connectivity index (χ1) is 31.0. The summed E-state index contributed by atoms with van der Waals surface area (Å²) in [6.45, 7) is 13.5. The molecule has 8 rings (SSSR count). The Hall–Kier alpha value is -7.42. The van der Waals surface area contributed by atoms with Crippen LogP contribution in [0.1, 0.15) is 86.1 Å². The first kappa shape index (κ1) is 43.2. The van der Waals surface area contributed by atoms with Crippen LogP contribution in [0.25, 0.3) is 36.5 Å². The molecule has 64 heavy (non-hydrogen) atoms. The van der Waals surface area contributed by atoms with Crippen molar-refractivity contribution >= 4 is 70.6 Å². The predicted octanol–water partition coefficient (Wildman–Crippen LogP) is 17.7. The minimum atomic E-state index is 0.148. The van der Waals surface area contributed by atoms with Gasteiger partial charge in [0.2, 0.25) is 0 Å². The van der Waals surface area contributed by atoms with Gasteiger partial charge in [-0.1, -0.05) is 211 Å². The first-order valence-electron chi connectivity index (χ1n) is 22.3. The van der Waals surface area contributed by atoms with Crippen molar-refractivity contribution < 1.29 is 0 Å². The van der Waals surface area contributed by atoms with Crippen molar-refractivity contribution in [2.75, 3.05) is 9.80 Å². The van der Waals surface area contributed by atoms with E-state index in [-0.39, 0.29) is 10.8 Å². The van der Waals surface area contributed by atoms with Crippen molar-refractivity contribution in [1.29, 1.82) is 0 Å². The van der Waals surface area contributed by atoms with Crippen LogP contribution in [-0.2, 0) is 10.8 Å². The first-order valence-corrected chi connectivity index (χ1v) is 22.3. The Kier molecular flexibility index (Phi) is 13.1. The molecule has 0 unspecified atom stereocenters. The lowest BCUT2D eigenvalue weighted by atomic mass is 9.87. The van der Waals surface area contributed by atoms with Crippen LogP contribution < -0.4 is 9.80 Å². The second-order valence-electron chi connectivity index (χ2n) is 18.5. The Morgan fingerprint density at radius 1 is 0.234 bits per heavy atom. The van der Waals surface area contributed by atoms with Crippen LogP contribution in [-0.4, -0.2) is 0 Å². The van der Waals surface area contributed by atoms with Gasteiger partial charge < -0.3 is 9.80 Å². The minimum Gasteiger partial charge on any atom is -0.311 e. The normalized spacial score (nSPS) is 12.0. The minimum absolute atomic E-state index is 0.148. The van der Waals surface area contributed by atoms with Gasteiger partial charge in [-0.25, -0.2) is 0 Å². The predicted molar refractivity (Wildman–Crippen MR) is 279 cm³/mol. The molecule has 0 atom stereocenters. The lowest BCUT2D eigenvalue weighted by molar-refractivity contribution is 0.590. The van der Waals surface area contributed by atoms with E-state index in [0.717, 1.165) is 56.4 Å². The summed E-state index contributed by atoms with van der Waals surface area (Å²) in [4.78, 5) is 4.61. The van der Waals surface area contributed by atoms with Crippen LogP contribution in [0.3, 0.4) is 0 Å². The van der Waals surface area contributed by atoms with Gasteiger partial charge in [-0.05, 0) is 128 Å². The lowest BCUT2D eigenvalue weighted by Crippen LogP contribution is -2.10. The third kappa shape index (κ3) is 11.0. The van der Waals surface area contributed by atoms with Gasteiger partial charge in [0.1, 0.15) is 0 Å². The summed E-state index contributed by atoms with van der Waals surface area (Å²) in [5.74, 6) is 0. The van der Waals surface area contributed by atoms with E-state index >= 15 is 0 Å². The van der Waals surface area contributed by atoms with Crippen molar-refractivity contribution in [2.45, 2.75) is 52.4 Å². The molecule has 0 saturated heterocycles. The fourth-order valence-electron chi connectivity index (χ4n) is 7.75. The van der Waals surface area contributed by atoms with Crippen molar-refractivity contribution in [2.24, 2.45) is 0 Å². The van der Waals surface area contributed by atoms with Crippen LogP contribution >= 0.6 is 0 Å². The Morgan fingerprint density at radius 2 is 0.422 bits per heavy atom. The van der Waals surface area contributed by atoms with E-state index in [1.807, 2.05) is 0 Å². The van der Waals surface area contributed by atoms with E-state index in [0.29, 0.717) is 0 Å². The second-order valence-corrected chi connectivity index (χ2v) is 18.5. The van der Waals surface area contributed by atoms with Gasteiger partial charge in [0, 0.05) is 34.1 Å². The summed E-state index contributed by atoms with van der Waals surface area (Å²) >= 11 is 0. The summed E-state index contributed by atoms with van der Waals surface area (Å²) in [5, 5.41) is 0. The van der Waals surface area contributed by atoms with Crippen molar-refractivity contribution in [1.82, 2.24) is 0 Å². The Labute approximate surface area is 381 Å². The van der Waals surface area contributed by atoms with E-state index in [4.69, 9.17) is 0 Å². The van der Waals surface area contributed by atoms with Crippen LogP contribution in [0.2, 0.25) is 0 Å². The SMILES string of the molecule is CC(C)(C)c1ccc(C=Cc2ccc(N(c3ccccc3)c3ccc(/C=C/c4ccc(N(c5ccccc5)c5ccc(/C=C/c6ccc(C(C)(C)C)cc6)cc5)cc4)cc3)cc2)cc1. The molecular weight excluding hydrogens is 773 g/mol. The summed E-state index contributed by atoms with van der Waals surface area (Å²) in [6, 6.07) is 74.0. The zero-order valence-corrected chi connectivity index (χ0v) is 38.0. The molecule has 0 heterocycles. The molecule has 0 N–H and O–H groups in total. The number of rotatable bonds is 12. The van der Waals surface area contributed by atoms with Gasteiger partial charge >= 0.3 is 0 Å². The van der Waals surface area contributed by atoms with Crippen molar-refractivity contribution in [3.05, 3.63) is 251 Å². The highest BCUT2D eigenvalue weighted by atomic mass is 15.1. The van der Waals surface area contributed by atoms with Gasteiger partial charge in [-0.3, -0.25) is 0 Å². The van der Waals surface area contributed by atoms with Gasteiger partial charge in [0.05, 0.1) is 0 Å². The fraction of sp³-hybridized carbons (Fsp3) is 0.129. The standard InChI is InChI=1S/C62H58N2/c1-61(2,3)53-35-23-47(24-36-53)17-19-49-27-39-57(40-28-49)63(55-13-9-7-10-14-55)59-43-31-51(32-44-59)21-22-52-33-45-60(46-34-52)64(56-15-11-8-12-16-56)58-41-29-50(30-42-58)20-18-48-25-37-54(38-26-48)62(4,5)6/h7-46H,1-6H3/b19-17+,20-18?,22-21+. The van der Waals surface area contributed by atoms with Gasteiger partial charge in [-0.15, -0.1) is 0 Å². The van der Waals surface area contributed by atoms with Gasteiger partial charge in [-0.2, -0.15) is 0 Å². The molecule has 0 aliphatic heterocycles. The highest BCUT2D eigenvalue weighted by Gasteiger charge is 2.15. The molecule has 0 fully saturated rings. The van der Waals surface area contributed by atoms with Gasteiger partial charge in [0.25, 0.3) is 0 Å². The highest BCUT2D eigenvalue weighted by Crippen LogP contribution is 2.37. The molecule has 8 aromatic carbocycles. The molecule has 0 bridgehead atoms. The fourth-order valence-corrected chi connectivity index (χ4v) is 7.75. The molecule has 2 nitrogen and oxygen atoms in total. The van der Waals surface area contributed by atoms with E-state index in [1.54, 1.807) is 0 Å². The Morgan fingerprint density at radius 3 is 0.625 bits per heavy atom. The van der Waals surface area contributed by atoms with Crippen LogP contribution in [0.4, 0.5) is 34.1 Å². The molecule has 316 valence electrons. The molecule has 2 heteroatoms. The molecule has 0 spiro atoms. The summed E-state index contributed by atoms with van der Waals surface area (Å²) in [6.07, 6.45) is 13.1. The quantitative estimate of drug-likeness (QED) is 0.113. The molecule has 8 aromatic rings. The van der Waals surface area contributed by atoms with Crippen LogP contribution in [0.5, 0.6) is 0 Å². The van der Waals surface area contributed by atoms with Crippen molar-refractivity contribution in [3.63, 3.8) is 0 Å². The van der Waals surface area contributed by atoms with Crippen molar-refractivity contribution in [3.8, 4) is 0 Å². The molecule has 0 radical (unpaired) electrons. The molecule has 0 aromatic heterocycles. The number of hydrogen-bond acceptors (Lipinski definition) is 2. The maximum absolute atomic E-state index is 2.31. The highest BCUT2D eigenvalue weighted by molar-refractivity contribution is 5.81. The average molecular weight is 831 g/mol. The van der Waals surface area contributed by atoms with Crippen LogP contribution in [0, 0.1) is 0 Å². The molecule has 0 amide bonds. The van der Waals surface area contributed by atoms with Gasteiger partial charge in [0.15, 0.2) is 0 Å². The zero-order valence-electron chi connectivity index (χ0n) is 38.0. The number of anilines is 6. The zero-order chi connectivity index (χ0) is 44.5. The topological polar surface area (TPSA) is 6.48 Å². The summed E-state index contributed by atoms with van der Waals surface area (Å²) in [5.41, 5.74) is 16.6. The molecule has 0 aliphatic rings. The largest absolute Gasteiger partial charge is 0.311 e. The number of nitrogens with zero attached hydrogens (tertiary/aromatic N) is 2. The second kappa shape index (κ2) is 19.3. The monoisotopic (exact) mass is 830 g/mol. The lowest BCUT2D eigenvalue weighted by Gasteiger charge is -2.25. The number of hydrogen-bond donors (Lipinski definition) is 0. The molecular formula is C62H58N2. The average Bonchev–Trinajstić information content (AvgIpc) is 3.32. The number of para-hydroxylation sites is 2. The number of benzene rings is 8. The third-order valence-electron chi connectivity index (χ3n) is 11.6. The molecule has 0 saturated carbocycles. The maximum Gasteiger partial charge on any atom is 0.0462 e. The Balaban J connectivity index is 0.956. The summed E-state index contributed by atoms with van der Waals surface area (Å²) < 4.78 is 0. The van der Waals surface area contributed by atoms with E-state index in [1.165, 1.54) is 22.3 Å². The summed E-state index contributed by atoms with van der Waals surface area (Å²) in [7, 11) is 0. The van der Waals surface area contributed by atoms with E-state index in [9.17, 15) is 0 Å². The van der Waals surface area contributed by atoms with E-state index < -0.39 is 0 Å². The molecule has 0 aliphatic carbocycles. The Bertz CT molecular complexity index is 2600. The maximum atomic E-state index is 2.31. The van der Waals surface area contributed by atoms with E-state index in [2.05, 4.69) is 294 Å². The third-order valence-corrected chi connectivity index (χ3v) is 11.6.